The molecule has 1 aromatic rings. The van der Waals surface area contributed by atoms with Gasteiger partial charge >= 0.3 is 0 Å². The Hall–Kier alpha value is -0.620. The van der Waals surface area contributed by atoms with Gasteiger partial charge < -0.3 is 10.1 Å². The molecule has 1 aliphatic heterocycles. The minimum absolute atomic E-state index is 0.421. The molecule has 1 unspecified atom stereocenters. The van der Waals surface area contributed by atoms with Gasteiger partial charge in [0.25, 0.3) is 0 Å². The number of ether oxygens (including phenoxy) is 1. The molecule has 2 heterocycles. The molecule has 2 rings (SSSR count). The number of nitrogens with one attached hydrogen (secondary N) is 1. The molecular weight excluding hydrogens is 276 g/mol. The van der Waals surface area contributed by atoms with Crippen LogP contribution in [0.4, 0.5) is 0 Å². The molecule has 1 fully saturated rings. The van der Waals surface area contributed by atoms with E-state index in [0.29, 0.717) is 6.04 Å². The van der Waals surface area contributed by atoms with Gasteiger partial charge in [-0.05, 0) is 13.3 Å². The second-order valence-electron chi connectivity index (χ2n) is 5.38. The molecule has 6 heteroatoms. The molecule has 1 saturated heterocycles. The summed E-state index contributed by atoms with van der Waals surface area (Å²) in [6.45, 7) is 9.83. The summed E-state index contributed by atoms with van der Waals surface area (Å²) in [4.78, 5) is 2.43. The highest BCUT2D eigenvalue weighted by Gasteiger charge is 2.16. The van der Waals surface area contributed by atoms with E-state index < -0.39 is 0 Å². The molecular formula is C14H25ClN4O. The Morgan fingerprint density at radius 1 is 1.40 bits per heavy atom. The van der Waals surface area contributed by atoms with Crippen molar-refractivity contribution in [2.45, 2.75) is 32.9 Å². The van der Waals surface area contributed by atoms with Gasteiger partial charge in [-0.2, -0.15) is 5.10 Å². The summed E-state index contributed by atoms with van der Waals surface area (Å²) < 4.78 is 7.25. The number of aryl methyl sites for hydroxylation is 2. The maximum absolute atomic E-state index is 6.35. The molecule has 0 spiro atoms. The van der Waals surface area contributed by atoms with Crippen LogP contribution >= 0.6 is 11.6 Å². The predicted molar refractivity (Wildman–Crippen MR) is 81.2 cm³/mol. The minimum atomic E-state index is 0.421. The van der Waals surface area contributed by atoms with Gasteiger partial charge in [0.1, 0.15) is 0 Å². The Kier molecular flexibility index (Phi) is 5.84. The van der Waals surface area contributed by atoms with E-state index in [2.05, 4.69) is 29.2 Å². The van der Waals surface area contributed by atoms with E-state index in [1.54, 1.807) is 0 Å². The van der Waals surface area contributed by atoms with Gasteiger partial charge in [0, 0.05) is 39.3 Å². The molecule has 0 aliphatic carbocycles. The van der Waals surface area contributed by atoms with Gasteiger partial charge in [0.2, 0.25) is 0 Å². The predicted octanol–water partition coefficient (Wildman–Crippen LogP) is 1.45. The molecule has 0 amide bonds. The number of halogens is 1. The van der Waals surface area contributed by atoms with Crippen molar-refractivity contribution in [3.8, 4) is 0 Å². The molecule has 0 radical (unpaired) electrons. The zero-order valence-electron chi connectivity index (χ0n) is 12.7. The van der Waals surface area contributed by atoms with Crippen molar-refractivity contribution in [2.75, 3.05) is 32.8 Å². The first-order valence-corrected chi connectivity index (χ1v) is 7.73. The smallest absolute Gasteiger partial charge is 0.0863 e. The summed E-state index contributed by atoms with van der Waals surface area (Å²) in [6.07, 6.45) is 0.871. The third-order valence-corrected chi connectivity index (χ3v) is 4.19. The van der Waals surface area contributed by atoms with Gasteiger partial charge in [0.15, 0.2) is 0 Å². The first-order chi connectivity index (χ1) is 9.61. The van der Waals surface area contributed by atoms with Crippen molar-refractivity contribution in [1.29, 1.82) is 0 Å². The van der Waals surface area contributed by atoms with Crippen LogP contribution in [0.1, 0.15) is 25.2 Å². The van der Waals surface area contributed by atoms with E-state index >= 15 is 0 Å². The summed E-state index contributed by atoms with van der Waals surface area (Å²) in [5.41, 5.74) is 2.05. The zero-order chi connectivity index (χ0) is 14.5. The van der Waals surface area contributed by atoms with Crippen LogP contribution in [0.5, 0.6) is 0 Å². The van der Waals surface area contributed by atoms with Crippen molar-refractivity contribution < 1.29 is 4.74 Å². The van der Waals surface area contributed by atoms with Gasteiger partial charge in [-0.1, -0.05) is 18.5 Å². The Morgan fingerprint density at radius 3 is 2.70 bits per heavy atom. The molecule has 1 atom stereocenters. The molecule has 5 nitrogen and oxygen atoms in total. The SMILES string of the molecule is CCc1nn(C)c(CNC(C)CN2CCOCC2)c1Cl. The summed E-state index contributed by atoms with van der Waals surface area (Å²) in [7, 11) is 1.95. The maximum atomic E-state index is 6.35. The fraction of sp³-hybridized carbons (Fsp3) is 0.786. The molecule has 20 heavy (non-hydrogen) atoms. The largest absolute Gasteiger partial charge is 0.379 e. The fourth-order valence-electron chi connectivity index (χ4n) is 2.52. The van der Waals surface area contributed by atoms with Crippen molar-refractivity contribution in [1.82, 2.24) is 20.0 Å². The van der Waals surface area contributed by atoms with Crippen molar-refractivity contribution >= 4 is 11.6 Å². The second-order valence-corrected chi connectivity index (χ2v) is 5.76. The minimum Gasteiger partial charge on any atom is -0.379 e. The highest BCUT2D eigenvalue weighted by molar-refractivity contribution is 6.31. The number of rotatable bonds is 6. The molecule has 1 aromatic heterocycles. The van der Waals surface area contributed by atoms with E-state index in [4.69, 9.17) is 16.3 Å². The summed E-state index contributed by atoms with van der Waals surface area (Å²) >= 11 is 6.35. The lowest BCUT2D eigenvalue weighted by molar-refractivity contribution is 0.0343. The number of morpholine rings is 1. The number of nitrogens with zero attached hydrogens (tertiary/aromatic N) is 3. The maximum Gasteiger partial charge on any atom is 0.0863 e. The van der Waals surface area contributed by atoms with Crippen LogP contribution in [0.2, 0.25) is 5.02 Å². The van der Waals surface area contributed by atoms with Crippen molar-refractivity contribution in [3.05, 3.63) is 16.4 Å². The average Bonchev–Trinajstić information content (AvgIpc) is 2.72. The molecule has 114 valence electrons. The molecule has 0 saturated carbocycles. The molecule has 1 N–H and O–H groups in total. The fourth-order valence-corrected chi connectivity index (χ4v) is 2.88. The van der Waals surface area contributed by atoms with Gasteiger partial charge in [-0.25, -0.2) is 0 Å². The van der Waals surface area contributed by atoms with Gasteiger partial charge in [-0.15, -0.1) is 0 Å². The normalized spacial score (nSPS) is 18.4. The Labute approximate surface area is 126 Å². The number of aromatic nitrogens is 2. The topological polar surface area (TPSA) is 42.3 Å². The van der Waals surface area contributed by atoms with E-state index in [0.717, 1.165) is 62.2 Å². The standard InChI is InChI=1S/C14H25ClN4O/c1-4-12-14(15)13(18(3)17-12)9-16-11(2)10-19-5-7-20-8-6-19/h11,16H,4-10H2,1-3H3. The third kappa shape index (κ3) is 3.95. The summed E-state index contributed by atoms with van der Waals surface area (Å²) in [6, 6.07) is 0.421. The number of hydrogen-bond donors (Lipinski definition) is 1. The van der Waals surface area contributed by atoms with Crippen molar-refractivity contribution in [3.63, 3.8) is 0 Å². The summed E-state index contributed by atoms with van der Waals surface area (Å²) in [5.74, 6) is 0. The summed E-state index contributed by atoms with van der Waals surface area (Å²) in [5, 5.41) is 8.78. The van der Waals surface area contributed by atoms with Crippen LogP contribution < -0.4 is 5.32 Å². The lowest BCUT2D eigenvalue weighted by Gasteiger charge is -2.29. The van der Waals surface area contributed by atoms with E-state index in [-0.39, 0.29) is 0 Å². The van der Waals surface area contributed by atoms with Crippen LogP contribution in [0.25, 0.3) is 0 Å². The first kappa shape index (κ1) is 15.8. The third-order valence-electron chi connectivity index (χ3n) is 3.76. The van der Waals surface area contributed by atoms with E-state index in [1.165, 1.54) is 0 Å². The van der Waals surface area contributed by atoms with Gasteiger partial charge in [0.05, 0.1) is 29.6 Å². The molecule has 0 bridgehead atoms. The van der Waals surface area contributed by atoms with Crippen LogP contribution in [-0.4, -0.2) is 53.6 Å². The average molecular weight is 301 g/mol. The highest BCUT2D eigenvalue weighted by Crippen LogP contribution is 2.20. The first-order valence-electron chi connectivity index (χ1n) is 7.35. The van der Waals surface area contributed by atoms with Crippen LogP contribution in [0, 0.1) is 0 Å². The van der Waals surface area contributed by atoms with E-state index in [9.17, 15) is 0 Å². The van der Waals surface area contributed by atoms with Crippen molar-refractivity contribution in [2.24, 2.45) is 7.05 Å². The van der Waals surface area contributed by atoms with Gasteiger partial charge in [-0.3, -0.25) is 9.58 Å². The Morgan fingerprint density at radius 2 is 2.10 bits per heavy atom. The zero-order valence-corrected chi connectivity index (χ0v) is 13.4. The van der Waals surface area contributed by atoms with E-state index in [1.807, 2.05) is 11.7 Å². The second kappa shape index (κ2) is 7.41. The quantitative estimate of drug-likeness (QED) is 0.863. The monoisotopic (exact) mass is 300 g/mol. The van der Waals surface area contributed by atoms with Crippen LogP contribution in [0.3, 0.4) is 0 Å². The van der Waals surface area contributed by atoms with Crippen LogP contribution in [0.15, 0.2) is 0 Å². The van der Waals surface area contributed by atoms with Crippen LogP contribution in [-0.2, 0) is 24.8 Å². The Balaban J connectivity index is 1.83. The molecule has 1 aliphatic rings. The lowest BCUT2D eigenvalue weighted by Crippen LogP contribution is -2.44. The Bertz CT molecular complexity index is 429. The number of hydrogen-bond acceptors (Lipinski definition) is 4. The lowest BCUT2D eigenvalue weighted by atomic mass is 10.2. The molecule has 0 aromatic carbocycles. The highest BCUT2D eigenvalue weighted by atomic mass is 35.5.